The summed E-state index contributed by atoms with van der Waals surface area (Å²) in [6.07, 6.45) is 0. The van der Waals surface area contributed by atoms with E-state index in [1.807, 2.05) is 25.1 Å². The fourth-order valence-corrected chi connectivity index (χ4v) is 3.72. The van der Waals surface area contributed by atoms with E-state index < -0.39 is 21.0 Å². The van der Waals surface area contributed by atoms with Crippen LogP contribution < -0.4 is 4.72 Å². The molecule has 0 fully saturated rings. The van der Waals surface area contributed by atoms with E-state index in [4.69, 9.17) is 0 Å². The van der Waals surface area contributed by atoms with Gasteiger partial charge in [0.25, 0.3) is 5.69 Å². The molecule has 0 aliphatic rings. The lowest BCUT2D eigenvalue weighted by atomic mass is 10.2. The second-order valence-electron chi connectivity index (χ2n) is 5.74. The Bertz CT molecular complexity index is 1060. The summed E-state index contributed by atoms with van der Waals surface area (Å²) in [5.41, 5.74) is 2.33. The summed E-state index contributed by atoms with van der Waals surface area (Å²) >= 11 is 0. The van der Waals surface area contributed by atoms with Crippen LogP contribution in [0.4, 0.5) is 5.69 Å². The van der Waals surface area contributed by atoms with E-state index in [0.29, 0.717) is 5.82 Å². The summed E-state index contributed by atoms with van der Waals surface area (Å²) in [6, 6.07) is 9.98. The second kappa shape index (κ2) is 6.26. The molecule has 130 valence electrons. The van der Waals surface area contributed by atoms with Crippen LogP contribution in [0.15, 0.2) is 47.4 Å². The molecule has 8 nitrogen and oxygen atoms in total. The molecule has 3 aromatic rings. The molecule has 0 aliphatic carbocycles. The highest BCUT2D eigenvalue weighted by atomic mass is 32.2. The zero-order valence-electron chi connectivity index (χ0n) is 13.6. The number of rotatable bonds is 5. The monoisotopic (exact) mass is 360 g/mol. The van der Waals surface area contributed by atoms with E-state index in [2.05, 4.69) is 14.7 Å². The molecule has 0 aliphatic heterocycles. The summed E-state index contributed by atoms with van der Waals surface area (Å²) in [6.45, 7) is 3.61. The van der Waals surface area contributed by atoms with E-state index in [1.54, 1.807) is 6.92 Å². The molecule has 0 saturated heterocycles. The molecule has 0 saturated carbocycles. The molecule has 0 bridgehead atoms. The number of benzene rings is 2. The number of nitro benzene ring substituents is 1. The van der Waals surface area contributed by atoms with Crippen LogP contribution in [-0.4, -0.2) is 23.3 Å². The van der Waals surface area contributed by atoms with Crippen molar-refractivity contribution in [3.63, 3.8) is 0 Å². The lowest BCUT2D eigenvalue weighted by Crippen LogP contribution is -2.27. The lowest BCUT2D eigenvalue weighted by Gasteiger charge is -2.12. The topological polar surface area (TPSA) is 118 Å². The van der Waals surface area contributed by atoms with Gasteiger partial charge in [-0.3, -0.25) is 10.1 Å². The Morgan fingerprint density at radius 1 is 1.24 bits per heavy atom. The predicted octanol–water partition coefficient (Wildman–Crippen LogP) is 2.82. The highest BCUT2D eigenvalue weighted by molar-refractivity contribution is 7.89. The molecule has 2 N–H and O–H groups in total. The van der Waals surface area contributed by atoms with E-state index in [1.165, 1.54) is 18.2 Å². The lowest BCUT2D eigenvalue weighted by molar-refractivity contribution is -0.385. The van der Waals surface area contributed by atoms with Gasteiger partial charge in [-0.1, -0.05) is 12.1 Å². The van der Waals surface area contributed by atoms with Crippen LogP contribution in [0.2, 0.25) is 0 Å². The normalized spacial score (nSPS) is 13.0. The van der Waals surface area contributed by atoms with E-state index in [9.17, 15) is 18.5 Å². The summed E-state index contributed by atoms with van der Waals surface area (Å²) in [5.74, 6) is 0.467. The minimum Gasteiger partial charge on any atom is -0.341 e. The molecule has 1 aromatic heterocycles. The first-order valence-corrected chi connectivity index (χ1v) is 8.97. The Labute approximate surface area is 144 Å². The largest absolute Gasteiger partial charge is 0.341 e. The Morgan fingerprint density at radius 2 is 2.00 bits per heavy atom. The predicted molar refractivity (Wildman–Crippen MR) is 92.7 cm³/mol. The number of nitrogens with one attached hydrogen (secondary N) is 2. The number of H-pyrrole nitrogens is 1. The zero-order valence-corrected chi connectivity index (χ0v) is 14.4. The van der Waals surface area contributed by atoms with Crippen molar-refractivity contribution in [2.24, 2.45) is 0 Å². The van der Waals surface area contributed by atoms with Crippen LogP contribution in [0, 0.1) is 17.0 Å². The Kier molecular flexibility index (Phi) is 4.27. The second-order valence-corrected chi connectivity index (χ2v) is 7.45. The number of imidazole rings is 1. The molecule has 0 amide bonds. The molecule has 25 heavy (non-hydrogen) atoms. The average molecular weight is 360 g/mol. The first-order chi connectivity index (χ1) is 11.8. The van der Waals surface area contributed by atoms with Crippen molar-refractivity contribution in [3.05, 3.63) is 64.0 Å². The summed E-state index contributed by atoms with van der Waals surface area (Å²) < 4.78 is 27.5. The molecule has 1 heterocycles. The van der Waals surface area contributed by atoms with Crippen molar-refractivity contribution in [1.29, 1.82) is 0 Å². The fraction of sp³-hybridized carbons (Fsp3) is 0.188. The van der Waals surface area contributed by atoms with Gasteiger partial charge in [0.2, 0.25) is 10.0 Å². The number of aryl methyl sites for hydroxylation is 1. The molecule has 2 aromatic carbocycles. The first kappa shape index (κ1) is 17.1. The van der Waals surface area contributed by atoms with Crippen LogP contribution in [0.5, 0.6) is 0 Å². The number of aromatic nitrogens is 2. The molecule has 1 atom stereocenters. The molecule has 0 radical (unpaired) electrons. The van der Waals surface area contributed by atoms with Gasteiger partial charge in [0.15, 0.2) is 0 Å². The van der Waals surface area contributed by atoms with Crippen molar-refractivity contribution >= 4 is 26.7 Å². The van der Waals surface area contributed by atoms with Gasteiger partial charge in [0, 0.05) is 12.1 Å². The number of hydrogen-bond donors (Lipinski definition) is 2. The van der Waals surface area contributed by atoms with Crippen LogP contribution in [0.3, 0.4) is 0 Å². The summed E-state index contributed by atoms with van der Waals surface area (Å²) in [4.78, 5) is 17.5. The molecular formula is C16H16N4O4S. The zero-order chi connectivity index (χ0) is 18.2. The minimum absolute atomic E-state index is 0.166. The van der Waals surface area contributed by atoms with Gasteiger partial charge in [-0.15, -0.1) is 0 Å². The maximum atomic E-state index is 12.5. The number of aromatic amines is 1. The first-order valence-electron chi connectivity index (χ1n) is 7.49. The van der Waals surface area contributed by atoms with Crippen molar-refractivity contribution in [1.82, 2.24) is 14.7 Å². The van der Waals surface area contributed by atoms with E-state index >= 15 is 0 Å². The van der Waals surface area contributed by atoms with Crippen LogP contribution in [0.25, 0.3) is 11.0 Å². The molecular weight excluding hydrogens is 344 g/mol. The summed E-state index contributed by atoms with van der Waals surface area (Å²) in [7, 11) is -3.92. The Balaban J connectivity index is 1.88. The van der Waals surface area contributed by atoms with Gasteiger partial charge in [-0.25, -0.2) is 18.1 Å². The number of non-ortho nitro benzene ring substituents is 1. The van der Waals surface area contributed by atoms with Crippen molar-refractivity contribution in [3.8, 4) is 0 Å². The van der Waals surface area contributed by atoms with Gasteiger partial charge in [-0.05, 0) is 37.6 Å². The molecule has 1 unspecified atom stereocenters. The third-order valence-corrected chi connectivity index (χ3v) is 5.27. The third-order valence-electron chi connectivity index (χ3n) is 3.74. The number of fused-ring (bicyclic) bond motifs is 1. The molecule has 3 rings (SSSR count). The van der Waals surface area contributed by atoms with Crippen molar-refractivity contribution in [2.45, 2.75) is 24.8 Å². The van der Waals surface area contributed by atoms with Crippen LogP contribution in [0.1, 0.15) is 24.4 Å². The number of hydrogen-bond acceptors (Lipinski definition) is 5. The van der Waals surface area contributed by atoms with Gasteiger partial charge >= 0.3 is 0 Å². The SMILES string of the molecule is Cc1ccc2nc(C(C)NS(=O)(=O)c3cccc([N+](=O)[O-])c3)[nH]c2c1. The highest BCUT2D eigenvalue weighted by Gasteiger charge is 2.22. The van der Waals surface area contributed by atoms with E-state index in [-0.39, 0.29) is 10.6 Å². The standard InChI is InChI=1S/C16H16N4O4S/c1-10-6-7-14-15(8-10)18-16(17-14)11(2)19-25(23,24)13-5-3-4-12(9-13)20(21)22/h3-9,11,19H,1-2H3,(H,17,18). The average Bonchev–Trinajstić information content (AvgIpc) is 2.98. The fourth-order valence-electron chi connectivity index (χ4n) is 2.47. The quantitative estimate of drug-likeness (QED) is 0.536. The van der Waals surface area contributed by atoms with Crippen LogP contribution in [-0.2, 0) is 10.0 Å². The number of nitro groups is 1. The van der Waals surface area contributed by atoms with Gasteiger partial charge in [0.1, 0.15) is 5.82 Å². The molecule has 0 spiro atoms. The van der Waals surface area contributed by atoms with Gasteiger partial charge in [-0.2, -0.15) is 0 Å². The smallest absolute Gasteiger partial charge is 0.270 e. The van der Waals surface area contributed by atoms with Crippen LogP contribution >= 0.6 is 0 Å². The van der Waals surface area contributed by atoms with Crippen molar-refractivity contribution < 1.29 is 13.3 Å². The maximum Gasteiger partial charge on any atom is 0.270 e. The van der Waals surface area contributed by atoms with Gasteiger partial charge in [0.05, 0.1) is 26.9 Å². The number of nitrogens with zero attached hydrogens (tertiary/aromatic N) is 2. The van der Waals surface area contributed by atoms with E-state index in [0.717, 1.165) is 22.7 Å². The Morgan fingerprint density at radius 3 is 2.72 bits per heavy atom. The highest BCUT2D eigenvalue weighted by Crippen LogP contribution is 2.21. The number of sulfonamides is 1. The molecule has 9 heteroatoms. The third kappa shape index (κ3) is 3.52. The minimum atomic E-state index is -3.92. The van der Waals surface area contributed by atoms with Gasteiger partial charge < -0.3 is 4.98 Å². The van der Waals surface area contributed by atoms with Crippen molar-refractivity contribution in [2.75, 3.05) is 0 Å². The summed E-state index contributed by atoms with van der Waals surface area (Å²) in [5, 5.41) is 10.8. The Hall–Kier alpha value is -2.78. The maximum absolute atomic E-state index is 12.5.